The van der Waals surface area contributed by atoms with Crippen LogP contribution in [0.5, 0.6) is 5.75 Å². The van der Waals surface area contributed by atoms with Crippen molar-refractivity contribution in [3.05, 3.63) is 70.4 Å². The zero-order valence-corrected chi connectivity index (χ0v) is 36.2. The summed E-state index contributed by atoms with van der Waals surface area (Å²) in [7, 11) is 4.10. The summed E-state index contributed by atoms with van der Waals surface area (Å²) in [5.74, 6) is -2.06. The van der Waals surface area contributed by atoms with Crippen LogP contribution < -0.4 is 9.64 Å². The van der Waals surface area contributed by atoms with Crippen LogP contribution in [0, 0.1) is 18.3 Å². The third kappa shape index (κ3) is 5.47. The number of nitrogens with one attached hydrogen (secondary N) is 1. The Morgan fingerprint density at radius 2 is 1.74 bits per heavy atom. The molecule has 1 aliphatic carbocycles. The van der Waals surface area contributed by atoms with Crippen LogP contribution in [0.4, 0.5) is 5.69 Å². The van der Waals surface area contributed by atoms with Crippen molar-refractivity contribution in [2.45, 2.75) is 106 Å². The molecule has 1 amide bonds. The summed E-state index contributed by atoms with van der Waals surface area (Å²) >= 11 is 0. The standard InChI is InChI=1S/C47H58N4O10/c1-8-43(56)22-29-23-46(41(54)59-6,37-30(13-17-49(24-29)25-43)31-19-27(3)11-12-34(31)48-37)33-20-32-35(21-36(33)58-5)51(26-52)39-45(32)15-18-50-16-10-14-44(9-2,38(45)50)40(61-28(4)53)47(39,57)42(55)60-7/h10-12,14,19-21,26,29,38-40,48,56-57H,8-9,13,15-18,22-25H2,1-7H3/t29-,38-,39+,40+,43-,44+,45+,46-,47-/m0/s1. The molecule has 326 valence electrons. The molecule has 14 nitrogen and oxygen atoms in total. The summed E-state index contributed by atoms with van der Waals surface area (Å²) in [6.45, 7) is 10.2. The number of hydrogen-bond donors (Lipinski definition) is 3. The molecule has 2 aromatic carbocycles. The molecule has 6 heterocycles. The maximum absolute atomic E-state index is 15.4. The number of benzene rings is 2. The Balaban J connectivity index is 1.38. The van der Waals surface area contributed by atoms with Crippen molar-refractivity contribution in [2.75, 3.05) is 59.0 Å². The molecule has 61 heavy (non-hydrogen) atoms. The van der Waals surface area contributed by atoms with Crippen molar-refractivity contribution in [2.24, 2.45) is 11.3 Å². The maximum Gasteiger partial charge on any atom is 0.344 e. The number of aromatic amines is 1. The fraction of sp³-hybridized carbons (Fsp3) is 0.574. The molecule has 2 bridgehead atoms. The van der Waals surface area contributed by atoms with E-state index in [0.717, 1.165) is 22.0 Å². The van der Waals surface area contributed by atoms with Gasteiger partial charge < -0.3 is 39.0 Å². The van der Waals surface area contributed by atoms with Gasteiger partial charge in [0.2, 0.25) is 12.0 Å². The minimum Gasteiger partial charge on any atom is -0.496 e. The highest BCUT2D eigenvalue weighted by molar-refractivity contribution is 5.96. The van der Waals surface area contributed by atoms with Gasteiger partial charge in [-0.3, -0.25) is 24.2 Å². The lowest BCUT2D eigenvalue weighted by molar-refractivity contribution is -0.228. The summed E-state index contributed by atoms with van der Waals surface area (Å²) in [6.07, 6.45) is 5.83. The molecule has 1 spiro atoms. The van der Waals surface area contributed by atoms with E-state index in [4.69, 9.17) is 18.9 Å². The second-order valence-corrected chi connectivity index (χ2v) is 18.6. The number of aliphatic hydroxyl groups is 2. The van der Waals surface area contributed by atoms with Crippen molar-refractivity contribution in [3.63, 3.8) is 0 Å². The number of H-pyrrole nitrogens is 1. The lowest BCUT2D eigenvalue weighted by Crippen LogP contribution is -2.81. The van der Waals surface area contributed by atoms with Crippen molar-refractivity contribution in [3.8, 4) is 5.75 Å². The molecule has 14 heteroatoms. The Kier molecular flexibility index (Phi) is 9.82. The number of carbonyl (C=O) groups excluding carboxylic acids is 4. The number of amides is 1. The molecule has 9 rings (SSSR count). The Morgan fingerprint density at radius 1 is 0.967 bits per heavy atom. The first-order valence-electron chi connectivity index (χ1n) is 21.7. The number of rotatable bonds is 8. The molecule has 3 N–H and O–H groups in total. The number of nitrogens with zero attached hydrogens (tertiary/aromatic N) is 3. The van der Waals surface area contributed by atoms with E-state index in [0.29, 0.717) is 99.5 Å². The smallest absolute Gasteiger partial charge is 0.344 e. The second-order valence-electron chi connectivity index (χ2n) is 18.6. The van der Waals surface area contributed by atoms with Gasteiger partial charge in [0.05, 0.1) is 38.7 Å². The number of fused-ring (bicyclic) bond motifs is 6. The van der Waals surface area contributed by atoms with Crippen molar-refractivity contribution >= 4 is 40.9 Å². The first kappa shape index (κ1) is 41.6. The largest absolute Gasteiger partial charge is 0.496 e. The molecule has 3 aromatic rings. The van der Waals surface area contributed by atoms with Gasteiger partial charge in [-0.2, -0.15) is 0 Å². The fourth-order valence-electron chi connectivity index (χ4n) is 13.5. The Hall–Kier alpha value is -4.76. The Morgan fingerprint density at radius 3 is 2.41 bits per heavy atom. The van der Waals surface area contributed by atoms with Gasteiger partial charge in [-0.05, 0) is 87.2 Å². The third-order valence-electron chi connectivity index (χ3n) is 15.7. The molecular formula is C47H58N4O10. The minimum absolute atomic E-state index is 0.158. The third-order valence-corrected chi connectivity index (χ3v) is 15.7. The van der Waals surface area contributed by atoms with Crippen LogP contribution in [0.1, 0.15) is 80.8 Å². The number of esters is 3. The maximum atomic E-state index is 15.4. The van der Waals surface area contributed by atoms with E-state index in [9.17, 15) is 24.6 Å². The van der Waals surface area contributed by atoms with Gasteiger partial charge in [-0.1, -0.05) is 37.6 Å². The Labute approximate surface area is 356 Å². The highest BCUT2D eigenvalue weighted by Gasteiger charge is 2.81. The zero-order valence-electron chi connectivity index (χ0n) is 36.2. The average molecular weight is 839 g/mol. The topological polar surface area (TPSA) is 171 Å². The van der Waals surface area contributed by atoms with Crippen LogP contribution in [0.15, 0.2) is 42.5 Å². The normalized spacial score (nSPS) is 36.1. The predicted octanol–water partition coefficient (Wildman–Crippen LogP) is 3.83. The zero-order chi connectivity index (χ0) is 43.4. The van der Waals surface area contributed by atoms with Crippen LogP contribution in [0.3, 0.4) is 0 Å². The van der Waals surface area contributed by atoms with E-state index < -0.39 is 63.5 Å². The number of aromatic nitrogens is 1. The first-order chi connectivity index (χ1) is 29.2. The molecule has 3 fully saturated rings. The lowest BCUT2D eigenvalue weighted by Gasteiger charge is -2.63. The molecule has 1 aromatic heterocycles. The van der Waals surface area contributed by atoms with Crippen LogP contribution in [-0.4, -0.2) is 133 Å². The highest BCUT2D eigenvalue weighted by Crippen LogP contribution is 2.68. The lowest BCUT2D eigenvalue weighted by atomic mass is 9.47. The van der Waals surface area contributed by atoms with E-state index in [1.165, 1.54) is 33.2 Å². The fourth-order valence-corrected chi connectivity index (χ4v) is 13.5. The van der Waals surface area contributed by atoms with Crippen LogP contribution >= 0.6 is 0 Å². The van der Waals surface area contributed by atoms with Gasteiger partial charge in [-0.15, -0.1) is 0 Å². The van der Waals surface area contributed by atoms with Gasteiger partial charge in [0.15, 0.2) is 6.10 Å². The summed E-state index contributed by atoms with van der Waals surface area (Å²) in [5.41, 5.74) is -2.08. The van der Waals surface area contributed by atoms with E-state index in [1.807, 2.05) is 51.1 Å². The molecule has 2 saturated heterocycles. The van der Waals surface area contributed by atoms with E-state index >= 15 is 4.79 Å². The van der Waals surface area contributed by atoms with E-state index in [1.54, 1.807) is 6.07 Å². The number of aryl methyl sites for hydroxylation is 1. The van der Waals surface area contributed by atoms with Gasteiger partial charge in [-0.25, -0.2) is 4.79 Å². The minimum atomic E-state index is -2.53. The summed E-state index contributed by atoms with van der Waals surface area (Å²) in [4.78, 5) is 66.3. The summed E-state index contributed by atoms with van der Waals surface area (Å²) < 4.78 is 23.7. The van der Waals surface area contributed by atoms with E-state index in [-0.39, 0.29) is 12.3 Å². The second kappa shape index (κ2) is 14.4. The number of methoxy groups -OCH3 is 3. The Bertz CT molecular complexity index is 2360. The van der Waals surface area contributed by atoms with Crippen molar-refractivity contribution in [1.29, 1.82) is 0 Å². The molecule has 0 radical (unpaired) electrons. The predicted molar refractivity (Wildman–Crippen MR) is 225 cm³/mol. The van der Waals surface area contributed by atoms with Crippen molar-refractivity contribution in [1.82, 2.24) is 14.8 Å². The number of ether oxygens (including phenoxy) is 4. The number of anilines is 1. The molecule has 10 atom stereocenters. The molecule has 1 saturated carbocycles. The first-order valence-corrected chi connectivity index (χ1v) is 21.7. The van der Waals surface area contributed by atoms with Crippen molar-refractivity contribution < 1.29 is 48.3 Å². The molecule has 6 aliphatic rings. The van der Waals surface area contributed by atoms with Crippen LogP contribution in [0.25, 0.3) is 10.9 Å². The van der Waals surface area contributed by atoms with E-state index in [2.05, 4.69) is 20.9 Å². The summed E-state index contributed by atoms with van der Waals surface area (Å²) in [6, 6.07) is 8.20. The SMILES string of the molecule is CC[C@]1(O)C[C@@H]2CN(CCc3c([nH]c4ccc(C)cc34)[C@@](C(=O)OC)(c3cc4c(cc3OC)N(C=O)[C@H]3[C@@](O)(C(=O)OC)[C@H](OC(C)=O)[C@]5(CC)C=CCN6CC[C@]43[C@@H]65)C2)C1. The van der Waals surface area contributed by atoms with Crippen LogP contribution in [-0.2, 0) is 50.6 Å². The van der Waals surface area contributed by atoms with Crippen LogP contribution in [0.2, 0.25) is 0 Å². The average Bonchev–Trinajstić information content (AvgIpc) is 3.92. The molecular weight excluding hydrogens is 781 g/mol. The number of carbonyl (C=O) groups is 4. The number of piperidine rings is 1. The molecule has 5 aliphatic heterocycles. The van der Waals surface area contributed by atoms with Gasteiger partial charge >= 0.3 is 17.9 Å². The van der Waals surface area contributed by atoms with Gasteiger partial charge in [0.1, 0.15) is 11.2 Å². The van der Waals surface area contributed by atoms with Gasteiger partial charge in [0, 0.05) is 78.2 Å². The van der Waals surface area contributed by atoms with Gasteiger partial charge in [0.25, 0.3) is 0 Å². The molecule has 1 unspecified atom stereocenters. The monoisotopic (exact) mass is 838 g/mol. The highest BCUT2D eigenvalue weighted by atomic mass is 16.6. The quantitative estimate of drug-likeness (QED) is 0.130. The number of hydrogen-bond acceptors (Lipinski definition) is 12. The summed E-state index contributed by atoms with van der Waals surface area (Å²) in [5, 5.41) is 26.3.